The first-order valence-corrected chi connectivity index (χ1v) is 7.41. The van der Waals surface area contributed by atoms with Gasteiger partial charge in [0.2, 0.25) is 0 Å². The number of benzene rings is 1. The number of esters is 1. The molecule has 1 heterocycles. The molecule has 0 aliphatic heterocycles. The van der Waals surface area contributed by atoms with E-state index < -0.39 is 18.5 Å². The van der Waals surface area contributed by atoms with Crippen LogP contribution in [0.15, 0.2) is 30.7 Å². The number of aromatic nitrogens is 2. The van der Waals surface area contributed by atoms with Crippen LogP contribution in [-0.2, 0) is 16.0 Å². The molecule has 1 N–H and O–H groups in total. The summed E-state index contributed by atoms with van der Waals surface area (Å²) in [7, 11) is 0. The van der Waals surface area contributed by atoms with Gasteiger partial charge in [-0.05, 0) is 31.0 Å². The van der Waals surface area contributed by atoms with Gasteiger partial charge in [0.25, 0.3) is 5.91 Å². The molecule has 0 radical (unpaired) electrons. The third kappa shape index (κ3) is 4.50. The number of anilines is 1. The number of carbonyl (C=O) groups excluding carboxylic acids is 2. The summed E-state index contributed by atoms with van der Waals surface area (Å²) in [4.78, 5) is 31.6. The van der Waals surface area contributed by atoms with Crippen LogP contribution in [0, 0.1) is 6.92 Å². The lowest BCUT2D eigenvalue weighted by atomic mass is 10.2. The highest BCUT2D eigenvalue weighted by Crippen LogP contribution is 2.22. The third-order valence-electron chi connectivity index (χ3n) is 3.08. The number of rotatable bonds is 5. The number of amides is 1. The highest BCUT2D eigenvalue weighted by atomic mass is 35.5. The van der Waals surface area contributed by atoms with Gasteiger partial charge in [-0.2, -0.15) is 0 Å². The lowest BCUT2D eigenvalue weighted by Gasteiger charge is -2.09. The molecule has 0 aliphatic rings. The van der Waals surface area contributed by atoms with Crippen LogP contribution >= 0.6 is 11.6 Å². The number of nitrogens with one attached hydrogen (secondary N) is 1. The first-order valence-electron chi connectivity index (χ1n) is 7.03. The number of carbonyl (C=O) groups is 2. The van der Waals surface area contributed by atoms with Gasteiger partial charge in [0.1, 0.15) is 6.33 Å². The molecule has 7 heteroatoms. The largest absolute Gasteiger partial charge is 0.452 e. The van der Waals surface area contributed by atoms with E-state index in [1.165, 1.54) is 12.5 Å². The van der Waals surface area contributed by atoms with Gasteiger partial charge in [0, 0.05) is 6.20 Å². The van der Waals surface area contributed by atoms with E-state index in [2.05, 4.69) is 15.3 Å². The molecule has 120 valence electrons. The molecule has 2 rings (SSSR count). The van der Waals surface area contributed by atoms with Gasteiger partial charge in [-0.15, -0.1) is 0 Å². The minimum absolute atomic E-state index is 0.260. The van der Waals surface area contributed by atoms with Crippen LogP contribution in [0.5, 0.6) is 0 Å². The molecular weight excluding hydrogens is 318 g/mol. The predicted molar refractivity (Wildman–Crippen MR) is 86.5 cm³/mol. The average Bonchev–Trinajstić information content (AvgIpc) is 2.55. The maximum Gasteiger partial charge on any atom is 0.342 e. The summed E-state index contributed by atoms with van der Waals surface area (Å²) in [5.74, 6) is -1.10. The number of aryl methyl sites for hydroxylation is 2. The van der Waals surface area contributed by atoms with Crippen molar-refractivity contribution < 1.29 is 14.3 Å². The van der Waals surface area contributed by atoms with E-state index in [1.807, 2.05) is 19.9 Å². The van der Waals surface area contributed by atoms with Crippen LogP contribution in [0.1, 0.15) is 28.5 Å². The second-order valence-corrected chi connectivity index (χ2v) is 5.25. The molecule has 0 fully saturated rings. The lowest BCUT2D eigenvalue weighted by Crippen LogP contribution is -2.22. The van der Waals surface area contributed by atoms with Crippen molar-refractivity contribution in [2.75, 3.05) is 11.9 Å². The normalized spacial score (nSPS) is 10.2. The molecule has 1 amide bonds. The van der Waals surface area contributed by atoms with Crippen LogP contribution in [0.3, 0.4) is 0 Å². The van der Waals surface area contributed by atoms with Gasteiger partial charge >= 0.3 is 5.97 Å². The van der Waals surface area contributed by atoms with Crippen LogP contribution in [-0.4, -0.2) is 28.5 Å². The Balaban J connectivity index is 1.95. The summed E-state index contributed by atoms with van der Waals surface area (Å²) in [5, 5.41) is 3.02. The van der Waals surface area contributed by atoms with E-state index in [4.69, 9.17) is 16.3 Å². The highest BCUT2D eigenvalue weighted by molar-refractivity contribution is 6.33. The Hall–Kier alpha value is -2.47. The number of ether oxygens (including phenoxy) is 1. The maximum atomic E-state index is 12.0. The van der Waals surface area contributed by atoms with Crippen molar-refractivity contribution in [2.45, 2.75) is 20.3 Å². The summed E-state index contributed by atoms with van der Waals surface area (Å²) < 4.78 is 4.99. The summed E-state index contributed by atoms with van der Waals surface area (Å²) >= 11 is 6.03. The summed E-state index contributed by atoms with van der Waals surface area (Å²) in [6, 6.07) is 5.25. The fraction of sp³-hybridized carbons (Fsp3) is 0.250. The van der Waals surface area contributed by atoms with Gasteiger partial charge in [-0.1, -0.05) is 24.6 Å². The smallest absolute Gasteiger partial charge is 0.342 e. The van der Waals surface area contributed by atoms with E-state index in [1.54, 1.807) is 12.1 Å². The van der Waals surface area contributed by atoms with E-state index in [9.17, 15) is 9.59 Å². The van der Waals surface area contributed by atoms with Crippen molar-refractivity contribution in [3.63, 3.8) is 0 Å². The number of nitrogens with zero attached hydrogens (tertiary/aromatic N) is 2. The minimum atomic E-state index is -0.632. The van der Waals surface area contributed by atoms with Crippen molar-refractivity contribution in [3.05, 3.63) is 52.6 Å². The minimum Gasteiger partial charge on any atom is -0.452 e. The third-order valence-corrected chi connectivity index (χ3v) is 3.40. The summed E-state index contributed by atoms with van der Waals surface area (Å²) in [6.07, 6.45) is 3.31. The molecule has 0 unspecified atom stereocenters. The zero-order chi connectivity index (χ0) is 16.8. The maximum absolute atomic E-state index is 12.0. The summed E-state index contributed by atoms with van der Waals surface area (Å²) in [5.41, 5.74) is 2.29. The van der Waals surface area contributed by atoms with Gasteiger partial charge in [0.15, 0.2) is 6.61 Å². The van der Waals surface area contributed by atoms with E-state index in [0.29, 0.717) is 22.8 Å². The second-order valence-electron chi connectivity index (χ2n) is 4.84. The molecule has 0 saturated carbocycles. The zero-order valence-electron chi connectivity index (χ0n) is 12.8. The molecule has 0 bridgehead atoms. The number of halogens is 1. The number of hydrogen-bond donors (Lipinski definition) is 1. The molecule has 6 nitrogen and oxygen atoms in total. The second kappa shape index (κ2) is 7.69. The SMILES string of the molecule is CCc1ncncc1C(=O)OCC(=O)Nc1ccc(C)cc1Cl. The van der Waals surface area contributed by atoms with Crippen LogP contribution in [0.2, 0.25) is 5.02 Å². The van der Waals surface area contributed by atoms with Crippen molar-refractivity contribution in [1.29, 1.82) is 0 Å². The average molecular weight is 334 g/mol. The van der Waals surface area contributed by atoms with E-state index >= 15 is 0 Å². The van der Waals surface area contributed by atoms with Crippen LogP contribution in [0.4, 0.5) is 5.69 Å². The Kier molecular flexibility index (Phi) is 5.65. The fourth-order valence-corrected chi connectivity index (χ4v) is 2.21. The van der Waals surface area contributed by atoms with Crippen molar-refractivity contribution in [3.8, 4) is 0 Å². The fourth-order valence-electron chi connectivity index (χ4n) is 1.92. The molecule has 1 aromatic carbocycles. The van der Waals surface area contributed by atoms with Crippen LogP contribution < -0.4 is 5.32 Å². The van der Waals surface area contributed by atoms with Gasteiger partial charge in [0.05, 0.1) is 22.0 Å². The molecule has 0 aliphatic carbocycles. The van der Waals surface area contributed by atoms with Gasteiger partial charge in [-0.3, -0.25) is 4.79 Å². The highest BCUT2D eigenvalue weighted by Gasteiger charge is 2.15. The zero-order valence-corrected chi connectivity index (χ0v) is 13.6. The molecule has 0 atom stereocenters. The first-order chi connectivity index (χ1) is 11.0. The van der Waals surface area contributed by atoms with E-state index in [0.717, 1.165) is 5.56 Å². The molecule has 1 aromatic heterocycles. The molecule has 23 heavy (non-hydrogen) atoms. The Morgan fingerprint density at radius 3 is 2.83 bits per heavy atom. The molecule has 0 spiro atoms. The molecule has 0 saturated heterocycles. The first kappa shape index (κ1) is 16.9. The standard InChI is InChI=1S/C16H16ClN3O3/c1-3-13-11(7-18-9-19-13)16(22)23-8-15(21)20-14-5-4-10(2)6-12(14)17/h4-7,9H,3,8H2,1-2H3,(H,20,21). The van der Waals surface area contributed by atoms with Crippen molar-refractivity contribution in [2.24, 2.45) is 0 Å². The quantitative estimate of drug-likeness (QED) is 0.851. The number of hydrogen-bond acceptors (Lipinski definition) is 5. The molecular formula is C16H16ClN3O3. The van der Waals surface area contributed by atoms with Crippen LogP contribution in [0.25, 0.3) is 0 Å². The predicted octanol–water partition coefficient (Wildman–Crippen LogP) is 2.80. The van der Waals surface area contributed by atoms with Crippen molar-refractivity contribution >= 4 is 29.2 Å². The van der Waals surface area contributed by atoms with Crippen molar-refractivity contribution in [1.82, 2.24) is 9.97 Å². The Labute approximate surface area is 138 Å². The topological polar surface area (TPSA) is 81.2 Å². The Morgan fingerprint density at radius 2 is 2.13 bits per heavy atom. The summed E-state index contributed by atoms with van der Waals surface area (Å²) in [6.45, 7) is 3.35. The lowest BCUT2D eigenvalue weighted by molar-refractivity contribution is -0.119. The van der Waals surface area contributed by atoms with E-state index in [-0.39, 0.29) is 5.56 Å². The van der Waals surface area contributed by atoms with Gasteiger partial charge < -0.3 is 10.1 Å². The molecule has 2 aromatic rings. The monoisotopic (exact) mass is 333 g/mol. The Morgan fingerprint density at radius 1 is 1.35 bits per heavy atom. The Bertz CT molecular complexity index is 734. The van der Waals surface area contributed by atoms with Gasteiger partial charge in [-0.25, -0.2) is 14.8 Å².